The van der Waals surface area contributed by atoms with Crippen LogP contribution in [0, 0.1) is 5.82 Å². The average molecular weight is 624 g/mol. The first-order chi connectivity index (χ1) is 17.2. The fourth-order valence-electron chi connectivity index (χ4n) is 4.79. The molecule has 3 heterocycles. The zero-order valence-electron chi connectivity index (χ0n) is 20.4. The molecule has 1 aromatic heterocycles. The van der Waals surface area contributed by atoms with Crippen molar-refractivity contribution < 1.29 is 28.2 Å². The summed E-state index contributed by atoms with van der Waals surface area (Å²) in [6.45, 7) is 1.19. The van der Waals surface area contributed by atoms with Crippen LogP contribution in [0.5, 0.6) is 23.1 Å². The number of halogens is 2. The zero-order chi connectivity index (χ0) is 25.6. The molecule has 37 heavy (non-hydrogen) atoms. The van der Waals surface area contributed by atoms with Crippen LogP contribution in [-0.2, 0) is 6.42 Å². The Morgan fingerprint density at radius 2 is 2.00 bits per heavy atom. The van der Waals surface area contributed by atoms with Crippen LogP contribution in [0.15, 0.2) is 44.9 Å². The Morgan fingerprint density at radius 3 is 2.70 bits per heavy atom. The van der Waals surface area contributed by atoms with E-state index in [0.29, 0.717) is 21.7 Å². The van der Waals surface area contributed by atoms with E-state index in [1.54, 1.807) is 7.11 Å². The monoisotopic (exact) mass is 624 g/mol. The number of aromatic amines is 1. The van der Waals surface area contributed by atoms with Gasteiger partial charge >= 0.3 is 5.69 Å². The molecule has 2 aliphatic rings. The first-order valence-corrected chi connectivity index (χ1v) is 11.4. The molecule has 5 rings (SSSR count). The van der Waals surface area contributed by atoms with E-state index < -0.39 is 22.9 Å². The highest BCUT2D eigenvalue weighted by atomic mass is 127. The maximum absolute atomic E-state index is 13.3. The van der Waals surface area contributed by atoms with Crippen molar-refractivity contribution in [3.8, 4) is 28.8 Å². The number of quaternary nitrogens is 1. The Balaban J connectivity index is 0.00000320. The Labute approximate surface area is 228 Å². The lowest BCUT2D eigenvalue weighted by Gasteiger charge is -2.42. The molecular formula is C25H26FIN4O6. The second-order valence-electron chi connectivity index (χ2n) is 9.27. The minimum Gasteiger partial charge on any atom is -0.859 e. The summed E-state index contributed by atoms with van der Waals surface area (Å²) in [4.78, 5) is 31.4. The SMILES string of the molecule is COc1c2c(cc3c1C(CN=Cc1c([O-])n(-c4ccc(F)cc4)c(=O)[nH]c1=O)[N+](C)(C)CC3)OCO2.I. The third kappa shape index (κ3) is 4.70. The van der Waals surface area contributed by atoms with Gasteiger partial charge in [-0.1, -0.05) is 0 Å². The molecule has 1 unspecified atom stereocenters. The predicted octanol–water partition coefficient (Wildman–Crippen LogP) is 1.89. The third-order valence-corrected chi connectivity index (χ3v) is 6.77. The van der Waals surface area contributed by atoms with Gasteiger partial charge < -0.3 is 23.8 Å². The second-order valence-corrected chi connectivity index (χ2v) is 9.27. The molecule has 0 saturated carbocycles. The van der Waals surface area contributed by atoms with Gasteiger partial charge in [-0.15, -0.1) is 24.0 Å². The Morgan fingerprint density at radius 1 is 1.27 bits per heavy atom. The summed E-state index contributed by atoms with van der Waals surface area (Å²) in [7, 11) is 5.73. The Hall–Kier alpha value is -3.39. The van der Waals surface area contributed by atoms with E-state index in [1.165, 1.54) is 18.3 Å². The molecule has 0 spiro atoms. The molecule has 1 N–H and O–H groups in total. The van der Waals surface area contributed by atoms with Gasteiger partial charge in [-0.3, -0.25) is 19.3 Å². The van der Waals surface area contributed by atoms with Crippen LogP contribution in [0.3, 0.4) is 0 Å². The molecule has 3 aromatic rings. The normalized spacial score (nSPS) is 17.4. The first-order valence-electron chi connectivity index (χ1n) is 11.4. The van der Waals surface area contributed by atoms with Gasteiger partial charge in [0.15, 0.2) is 11.5 Å². The van der Waals surface area contributed by atoms with Crippen LogP contribution in [-0.4, -0.2) is 61.3 Å². The average Bonchev–Trinajstić information content (AvgIpc) is 3.30. The summed E-state index contributed by atoms with van der Waals surface area (Å²) in [5, 5.41) is 13.0. The van der Waals surface area contributed by atoms with Crippen molar-refractivity contribution in [1.82, 2.24) is 9.55 Å². The molecule has 10 nitrogen and oxygen atoms in total. The summed E-state index contributed by atoms with van der Waals surface area (Å²) < 4.78 is 31.6. The lowest BCUT2D eigenvalue weighted by Crippen LogP contribution is -2.49. The van der Waals surface area contributed by atoms with E-state index >= 15 is 0 Å². The number of aromatic nitrogens is 2. The maximum atomic E-state index is 13.3. The van der Waals surface area contributed by atoms with Crippen LogP contribution >= 0.6 is 24.0 Å². The van der Waals surface area contributed by atoms with Crippen molar-refractivity contribution in [2.45, 2.75) is 12.5 Å². The number of hydrogen-bond acceptors (Lipinski definition) is 7. The summed E-state index contributed by atoms with van der Waals surface area (Å²) >= 11 is 0. The largest absolute Gasteiger partial charge is 0.859 e. The number of rotatable bonds is 5. The molecule has 0 fully saturated rings. The number of likely N-dealkylation sites (N-methyl/N-ethyl adjacent to an activating group) is 1. The Kier molecular flexibility index (Phi) is 7.33. The van der Waals surface area contributed by atoms with Gasteiger partial charge in [-0.05, 0) is 41.8 Å². The van der Waals surface area contributed by atoms with Gasteiger partial charge in [-0.25, -0.2) is 9.18 Å². The van der Waals surface area contributed by atoms with Crippen molar-refractivity contribution in [3.05, 3.63) is 73.7 Å². The number of methoxy groups -OCH3 is 1. The molecule has 12 heteroatoms. The van der Waals surface area contributed by atoms with Crippen LogP contribution in [0.4, 0.5) is 4.39 Å². The predicted molar refractivity (Wildman–Crippen MR) is 142 cm³/mol. The van der Waals surface area contributed by atoms with Crippen molar-refractivity contribution >= 4 is 30.2 Å². The minimum absolute atomic E-state index is 0. The number of nitrogens with zero attached hydrogens (tertiary/aromatic N) is 3. The van der Waals surface area contributed by atoms with Crippen molar-refractivity contribution in [1.29, 1.82) is 0 Å². The molecule has 0 saturated heterocycles. The molecule has 1 atom stereocenters. The lowest BCUT2D eigenvalue weighted by atomic mass is 9.89. The van der Waals surface area contributed by atoms with E-state index in [1.807, 2.05) is 6.07 Å². The van der Waals surface area contributed by atoms with Gasteiger partial charge in [-0.2, -0.15) is 0 Å². The molecule has 0 aliphatic carbocycles. The van der Waals surface area contributed by atoms with Gasteiger partial charge in [0, 0.05) is 18.3 Å². The van der Waals surface area contributed by atoms with Gasteiger partial charge in [0.05, 0.1) is 45.4 Å². The number of ether oxygens (including phenoxy) is 3. The summed E-state index contributed by atoms with van der Waals surface area (Å²) in [6, 6.07) is 6.62. The highest BCUT2D eigenvalue weighted by molar-refractivity contribution is 14.0. The van der Waals surface area contributed by atoms with Crippen LogP contribution in [0.2, 0.25) is 0 Å². The highest BCUT2D eigenvalue weighted by Crippen LogP contribution is 2.50. The van der Waals surface area contributed by atoms with Crippen LogP contribution in [0.25, 0.3) is 5.69 Å². The number of fused-ring (bicyclic) bond motifs is 2. The van der Waals surface area contributed by atoms with Gasteiger partial charge in [0.1, 0.15) is 11.9 Å². The third-order valence-electron chi connectivity index (χ3n) is 6.77. The van der Waals surface area contributed by atoms with Gasteiger partial charge in [0.25, 0.3) is 5.56 Å². The second kappa shape index (κ2) is 10.2. The molecule has 0 amide bonds. The molecule has 2 aliphatic heterocycles. The summed E-state index contributed by atoms with van der Waals surface area (Å²) in [5.74, 6) is 0.440. The van der Waals surface area contributed by atoms with Crippen molar-refractivity contribution in [3.63, 3.8) is 0 Å². The van der Waals surface area contributed by atoms with Crippen molar-refractivity contribution in [2.75, 3.05) is 41.1 Å². The molecular weight excluding hydrogens is 598 g/mol. The number of aliphatic imine (C=N–C) groups is 1. The van der Waals surface area contributed by atoms with E-state index in [-0.39, 0.29) is 54.6 Å². The van der Waals surface area contributed by atoms with Crippen LogP contribution in [0.1, 0.15) is 22.7 Å². The fraction of sp³-hybridized carbons (Fsp3) is 0.320. The smallest absolute Gasteiger partial charge is 0.332 e. The van der Waals surface area contributed by atoms with Crippen LogP contribution < -0.4 is 30.6 Å². The van der Waals surface area contributed by atoms with E-state index in [4.69, 9.17) is 14.2 Å². The molecule has 0 bridgehead atoms. The van der Waals surface area contributed by atoms with E-state index in [2.05, 4.69) is 24.1 Å². The quantitative estimate of drug-likeness (QED) is 0.263. The maximum Gasteiger partial charge on any atom is 0.332 e. The first kappa shape index (κ1) is 26.7. The number of benzene rings is 2. The molecule has 0 radical (unpaired) electrons. The van der Waals surface area contributed by atoms with E-state index in [9.17, 15) is 19.1 Å². The van der Waals surface area contributed by atoms with Crippen molar-refractivity contribution in [2.24, 2.45) is 4.99 Å². The lowest BCUT2D eigenvalue weighted by molar-refractivity contribution is -0.921. The summed E-state index contributed by atoms with van der Waals surface area (Å²) in [6.07, 6.45) is 2.00. The number of nitrogens with one attached hydrogen (secondary N) is 1. The topological polar surface area (TPSA) is 118 Å². The summed E-state index contributed by atoms with van der Waals surface area (Å²) in [5.41, 5.74) is 0.109. The zero-order valence-corrected chi connectivity index (χ0v) is 22.8. The van der Waals surface area contributed by atoms with Gasteiger partial charge in [0.2, 0.25) is 12.5 Å². The Bertz CT molecular complexity index is 1480. The fourth-order valence-corrected chi connectivity index (χ4v) is 4.79. The molecule has 196 valence electrons. The van der Waals surface area contributed by atoms with E-state index in [0.717, 1.165) is 40.8 Å². The molecule has 2 aromatic carbocycles. The minimum atomic E-state index is -0.909. The number of hydrogen-bond donors (Lipinski definition) is 1. The standard InChI is InChI=1S/C25H25FN4O6.HI/c1-30(2)9-8-14-10-19-21(36-13-35-19)22(34-3)20(14)18(30)12-27-11-17-23(31)28-25(33)29(24(17)32)16-6-4-15(26)5-7-16;/h4-7,10-11,18H,8-9,12-13H2,1-3H3,(H-,27,28,31,32,33);1H. The highest BCUT2D eigenvalue weighted by Gasteiger charge is 2.41. The number of H-pyrrole nitrogens is 1.